The number of rotatable bonds is 3. The quantitative estimate of drug-likeness (QED) is 0.898. The molecule has 0 fully saturated rings. The molecule has 4 nitrogen and oxygen atoms in total. The van der Waals surface area contributed by atoms with Crippen molar-refractivity contribution < 1.29 is 13.2 Å². The van der Waals surface area contributed by atoms with Crippen LogP contribution in [0.3, 0.4) is 0 Å². The van der Waals surface area contributed by atoms with E-state index in [2.05, 4.69) is 20.6 Å². The highest BCUT2D eigenvalue weighted by atomic mass is 19.1. The number of halogens is 3. The van der Waals surface area contributed by atoms with Gasteiger partial charge >= 0.3 is 0 Å². The first-order valence-corrected chi connectivity index (χ1v) is 5.44. The molecule has 1 aromatic heterocycles. The van der Waals surface area contributed by atoms with Gasteiger partial charge in [-0.1, -0.05) is 0 Å². The van der Waals surface area contributed by atoms with E-state index in [1.54, 1.807) is 14.0 Å². The maximum Gasteiger partial charge on any atom is 0.224 e. The van der Waals surface area contributed by atoms with Gasteiger partial charge in [0.25, 0.3) is 0 Å². The summed E-state index contributed by atoms with van der Waals surface area (Å²) < 4.78 is 39.7. The summed E-state index contributed by atoms with van der Waals surface area (Å²) in [4.78, 5) is 8.03. The highest BCUT2D eigenvalue weighted by Gasteiger charge is 2.12. The van der Waals surface area contributed by atoms with Crippen LogP contribution in [0.4, 0.5) is 30.6 Å². The van der Waals surface area contributed by atoms with Crippen molar-refractivity contribution in [3.8, 4) is 0 Å². The predicted octanol–water partition coefficient (Wildman–Crippen LogP) is 2.99. The van der Waals surface area contributed by atoms with Crippen molar-refractivity contribution in [2.24, 2.45) is 0 Å². The molecule has 0 spiro atoms. The zero-order valence-electron chi connectivity index (χ0n) is 10.3. The number of hydrogen-bond donors (Lipinski definition) is 2. The fourth-order valence-electron chi connectivity index (χ4n) is 1.53. The summed E-state index contributed by atoms with van der Waals surface area (Å²) in [7, 11) is 1.62. The number of anilines is 3. The minimum absolute atomic E-state index is 0.209. The van der Waals surface area contributed by atoms with Crippen LogP contribution >= 0.6 is 0 Å². The van der Waals surface area contributed by atoms with Crippen molar-refractivity contribution in [3.63, 3.8) is 0 Å². The molecule has 1 heterocycles. The van der Waals surface area contributed by atoms with Gasteiger partial charge in [-0.05, 0) is 6.92 Å². The molecule has 0 saturated heterocycles. The molecule has 0 unspecified atom stereocenters. The van der Waals surface area contributed by atoms with E-state index in [1.807, 2.05) is 0 Å². The average molecular weight is 268 g/mol. The van der Waals surface area contributed by atoms with Crippen molar-refractivity contribution in [3.05, 3.63) is 41.3 Å². The molecule has 0 atom stereocenters. The lowest BCUT2D eigenvalue weighted by Crippen LogP contribution is -2.04. The molecule has 2 rings (SSSR count). The number of benzene rings is 1. The maximum absolute atomic E-state index is 13.5. The fraction of sp³-hybridized carbons (Fsp3) is 0.167. The molecular formula is C12H11F3N4. The van der Waals surface area contributed by atoms with E-state index in [1.165, 1.54) is 6.07 Å². The molecule has 0 radical (unpaired) electrons. The molecule has 7 heteroatoms. The van der Waals surface area contributed by atoms with E-state index in [0.717, 1.165) is 0 Å². The second-order valence-corrected chi connectivity index (χ2v) is 3.84. The SMILES string of the molecule is CNc1nc(C)cc(Nc2c(F)cc(F)cc2F)n1. The van der Waals surface area contributed by atoms with Crippen LogP contribution in [0.25, 0.3) is 0 Å². The summed E-state index contributed by atoms with van der Waals surface area (Å²) in [5, 5.41) is 5.20. The van der Waals surface area contributed by atoms with Crippen molar-refractivity contribution in [1.29, 1.82) is 0 Å². The molecule has 0 amide bonds. The standard InChI is InChI=1S/C12H11F3N4/c1-6-3-10(19-12(16-2)17-6)18-11-8(14)4-7(13)5-9(11)15/h3-5H,1-2H3,(H2,16,17,18,19). The van der Waals surface area contributed by atoms with Crippen LogP contribution in [0.15, 0.2) is 18.2 Å². The first kappa shape index (κ1) is 13.1. The molecule has 0 aliphatic heterocycles. The fourth-order valence-corrected chi connectivity index (χ4v) is 1.53. The summed E-state index contributed by atoms with van der Waals surface area (Å²) in [6, 6.07) is 2.71. The van der Waals surface area contributed by atoms with Gasteiger partial charge in [-0.2, -0.15) is 4.98 Å². The van der Waals surface area contributed by atoms with Crippen LogP contribution in [0.1, 0.15) is 5.69 Å². The minimum atomic E-state index is -1.03. The van der Waals surface area contributed by atoms with Crippen LogP contribution in [0.5, 0.6) is 0 Å². The van der Waals surface area contributed by atoms with E-state index in [4.69, 9.17) is 0 Å². The molecule has 0 bridgehead atoms. The Morgan fingerprint density at radius 1 is 1.00 bits per heavy atom. The predicted molar refractivity (Wildman–Crippen MR) is 65.9 cm³/mol. The lowest BCUT2D eigenvalue weighted by Gasteiger charge is -2.10. The lowest BCUT2D eigenvalue weighted by molar-refractivity contribution is 0.548. The van der Waals surface area contributed by atoms with E-state index in [-0.39, 0.29) is 5.82 Å². The molecule has 19 heavy (non-hydrogen) atoms. The number of aromatic nitrogens is 2. The molecule has 0 aliphatic carbocycles. The van der Waals surface area contributed by atoms with Gasteiger partial charge in [0.1, 0.15) is 17.3 Å². The highest BCUT2D eigenvalue weighted by molar-refractivity contribution is 5.59. The normalized spacial score (nSPS) is 10.4. The average Bonchev–Trinajstić information content (AvgIpc) is 2.33. The Bertz CT molecular complexity index is 593. The molecule has 100 valence electrons. The van der Waals surface area contributed by atoms with Gasteiger partial charge in [0.2, 0.25) is 5.95 Å². The van der Waals surface area contributed by atoms with Gasteiger partial charge in [0, 0.05) is 30.9 Å². The van der Waals surface area contributed by atoms with Gasteiger partial charge in [-0.3, -0.25) is 0 Å². The van der Waals surface area contributed by atoms with E-state index < -0.39 is 23.1 Å². The summed E-state index contributed by atoms with van der Waals surface area (Å²) >= 11 is 0. The number of hydrogen-bond acceptors (Lipinski definition) is 4. The second kappa shape index (κ2) is 5.13. The topological polar surface area (TPSA) is 49.8 Å². The van der Waals surface area contributed by atoms with E-state index in [0.29, 0.717) is 23.8 Å². The van der Waals surface area contributed by atoms with E-state index >= 15 is 0 Å². The van der Waals surface area contributed by atoms with Crippen LogP contribution in [-0.4, -0.2) is 17.0 Å². The largest absolute Gasteiger partial charge is 0.357 e. The number of nitrogens with zero attached hydrogens (tertiary/aromatic N) is 2. The molecule has 0 aliphatic rings. The summed E-state index contributed by atoms with van der Waals surface area (Å²) in [6.45, 7) is 1.71. The Labute approximate surface area is 107 Å². The Hall–Kier alpha value is -2.31. The first-order valence-electron chi connectivity index (χ1n) is 5.44. The van der Waals surface area contributed by atoms with Gasteiger partial charge in [0.05, 0.1) is 0 Å². The Morgan fingerprint density at radius 3 is 2.21 bits per heavy atom. The Balaban J connectivity index is 2.39. The molecule has 2 N–H and O–H groups in total. The van der Waals surface area contributed by atoms with Gasteiger partial charge < -0.3 is 10.6 Å². The van der Waals surface area contributed by atoms with Gasteiger partial charge in [-0.25, -0.2) is 18.2 Å². The number of aryl methyl sites for hydroxylation is 1. The van der Waals surface area contributed by atoms with Gasteiger partial charge in [0.15, 0.2) is 11.6 Å². The zero-order valence-corrected chi connectivity index (χ0v) is 10.3. The first-order chi connectivity index (χ1) is 8.99. The Morgan fingerprint density at radius 2 is 1.63 bits per heavy atom. The minimum Gasteiger partial charge on any atom is -0.357 e. The van der Waals surface area contributed by atoms with Crippen LogP contribution in [0.2, 0.25) is 0 Å². The zero-order chi connectivity index (χ0) is 14.0. The monoisotopic (exact) mass is 268 g/mol. The van der Waals surface area contributed by atoms with Crippen LogP contribution in [-0.2, 0) is 0 Å². The third-order valence-electron chi connectivity index (χ3n) is 2.34. The van der Waals surface area contributed by atoms with E-state index in [9.17, 15) is 13.2 Å². The number of nitrogens with one attached hydrogen (secondary N) is 2. The third kappa shape index (κ3) is 2.93. The van der Waals surface area contributed by atoms with Crippen molar-refractivity contribution in [1.82, 2.24) is 9.97 Å². The second-order valence-electron chi connectivity index (χ2n) is 3.84. The van der Waals surface area contributed by atoms with Crippen LogP contribution < -0.4 is 10.6 Å². The van der Waals surface area contributed by atoms with Gasteiger partial charge in [-0.15, -0.1) is 0 Å². The maximum atomic E-state index is 13.5. The van der Waals surface area contributed by atoms with Crippen molar-refractivity contribution in [2.45, 2.75) is 6.92 Å². The summed E-state index contributed by atoms with van der Waals surface area (Å²) in [5.74, 6) is -2.51. The summed E-state index contributed by atoms with van der Waals surface area (Å²) in [5.41, 5.74) is 0.159. The smallest absolute Gasteiger partial charge is 0.224 e. The highest BCUT2D eigenvalue weighted by Crippen LogP contribution is 2.24. The van der Waals surface area contributed by atoms with Crippen molar-refractivity contribution >= 4 is 17.5 Å². The molecule has 0 saturated carbocycles. The van der Waals surface area contributed by atoms with Crippen LogP contribution in [0, 0.1) is 24.4 Å². The lowest BCUT2D eigenvalue weighted by atomic mass is 10.2. The summed E-state index contributed by atoms with van der Waals surface area (Å²) in [6.07, 6.45) is 0. The van der Waals surface area contributed by atoms with Crippen molar-refractivity contribution in [2.75, 3.05) is 17.7 Å². The molecule has 2 aromatic rings. The molecule has 1 aromatic carbocycles. The third-order valence-corrected chi connectivity index (χ3v) is 2.34. The molecular weight excluding hydrogens is 257 g/mol. The Kier molecular flexibility index (Phi) is 3.55.